The zero-order chi connectivity index (χ0) is 19.7. The summed E-state index contributed by atoms with van der Waals surface area (Å²) >= 11 is 0. The van der Waals surface area contributed by atoms with Gasteiger partial charge in [-0.2, -0.15) is 0 Å². The van der Waals surface area contributed by atoms with Crippen molar-refractivity contribution >= 4 is 23.4 Å². The third-order valence-corrected chi connectivity index (χ3v) is 4.61. The van der Waals surface area contributed by atoms with Crippen LogP contribution in [-0.4, -0.2) is 36.3 Å². The van der Waals surface area contributed by atoms with Crippen molar-refractivity contribution in [1.82, 2.24) is 4.90 Å². The highest BCUT2D eigenvalue weighted by molar-refractivity contribution is 6.21. The van der Waals surface area contributed by atoms with E-state index in [0.717, 1.165) is 16.0 Å². The summed E-state index contributed by atoms with van der Waals surface area (Å²) in [6.07, 6.45) is 0. The van der Waals surface area contributed by atoms with Gasteiger partial charge in [-0.1, -0.05) is 26.0 Å². The van der Waals surface area contributed by atoms with Crippen molar-refractivity contribution in [1.29, 1.82) is 0 Å². The van der Waals surface area contributed by atoms with Crippen LogP contribution in [0.3, 0.4) is 0 Å². The Labute approximate surface area is 158 Å². The number of imide groups is 1. The molecule has 0 saturated carbocycles. The third kappa shape index (κ3) is 3.69. The maximum absolute atomic E-state index is 12.2. The monoisotopic (exact) mass is 366 g/mol. The van der Waals surface area contributed by atoms with Gasteiger partial charge in [-0.25, -0.2) is 0 Å². The fourth-order valence-electron chi connectivity index (χ4n) is 2.91. The number of benzene rings is 2. The molecule has 1 N–H and O–H groups in total. The standard InChI is InChI=1S/C21H22N2O4/c1-12(2)14-6-5-13(3)18(9-14)27-11-19(24)22-15-7-8-16-17(10-15)21(26)23(4)20(16)25/h5-10,12H,11H2,1-4H3,(H,22,24). The normalized spacial score (nSPS) is 13.1. The van der Waals surface area contributed by atoms with E-state index in [4.69, 9.17) is 4.74 Å². The minimum atomic E-state index is -0.372. The van der Waals surface area contributed by atoms with Gasteiger partial charge in [-0.15, -0.1) is 0 Å². The van der Waals surface area contributed by atoms with Crippen molar-refractivity contribution in [3.05, 3.63) is 58.7 Å². The first-order valence-corrected chi connectivity index (χ1v) is 8.77. The molecule has 0 aliphatic carbocycles. The second kappa shape index (κ2) is 7.23. The van der Waals surface area contributed by atoms with E-state index < -0.39 is 0 Å². The molecule has 0 spiro atoms. The zero-order valence-corrected chi connectivity index (χ0v) is 15.8. The lowest BCUT2D eigenvalue weighted by Gasteiger charge is -2.13. The molecule has 2 aromatic carbocycles. The molecule has 0 aromatic heterocycles. The topological polar surface area (TPSA) is 75.7 Å². The van der Waals surface area contributed by atoms with Crippen molar-refractivity contribution in [3.8, 4) is 5.75 Å². The van der Waals surface area contributed by atoms with Crippen LogP contribution in [0.25, 0.3) is 0 Å². The fraction of sp³-hybridized carbons (Fsp3) is 0.286. The molecule has 0 atom stereocenters. The van der Waals surface area contributed by atoms with Crippen molar-refractivity contribution in [2.75, 3.05) is 19.0 Å². The summed E-state index contributed by atoms with van der Waals surface area (Å²) in [6, 6.07) is 10.6. The van der Waals surface area contributed by atoms with Crippen LogP contribution < -0.4 is 10.1 Å². The Bertz CT molecular complexity index is 934. The van der Waals surface area contributed by atoms with Crippen LogP contribution >= 0.6 is 0 Å². The highest BCUT2D eigenvalue weighted by Gasteiger charge is 2.32. The van der Waals surface area contributed by atoms with Gasteiger partial charge in [-0.05, 0) is 48.2 Å². The summed E-state index contributed by atoms with van der Waals surface area (Å²) < 4.78 is 5.67. The number of fused-ring (bicyclic) bond motifs is 1. The number of hydrogen-bond donors (Lipinski definition) is 1. The molecule has 0 radical (unpaired) electrons. The van der Waals surface area contributed by atoms with Gasteiger partial charge in [0.25, 0.3) is 17.7 Å². The Balaban J connectivity index is 1.67. The number of amides is 3. The van der Waals surface area contributed by atoms with Crippen molar-refractivity contribution in [2.24, 2.45) is 0 Å². The lowest BCUT2D eigenvalue weighted by Crippen LogP contribution is -2.24. The lowest BCUT2D eigenvalue weighted by atomic mass is 10.0. The predicted molar refractivity (Wildman–Crippen MR) is 102 cm³/mol. The average Bonchev–Trinajstić information content (AvgIpc) is 2.85. The second-order valence-corrected chi connectivity index (χ2v) is 6.95. The van der Waals surface area contributed by atoms with E-state index in [1.165, 1.54) is 13.1 Å². The first kappa shape index (κ1) is 18.6. The molecule has 1 aliphatic rings. The molecule has 27 heavy (non-hydrogen) atoms. The Kier molecular flexibility index (Phi) is 4.99. The largest absolute Gasteiger partial charge is 0.483 e. The van der Waals surface area contributed by atoms with Gasteiger partial charge in [0.2, 0.25) is 0 Å². The number of rotatable bonds is 5. The molecule has 6 heteroatoms. The summed E-state index contributed by atoms with van der Waals surface area (Å²) in [4.78, 5) is 37.2. The van der Waals surface area contributed by atoms with Crippen LogP contribution in [0.2, 0.25) is 0 Å². The third-order valence-electron chi connectivity index (χ3n) is 4.61. The molecule has 2 aromatic rings. The maximum Gasteiger partial charge on any atom is 0.262 e. The van der Waals surface area contributed by atoms with Crippen molar-refractivity contribution in [2.45, 2.75) is 26.7 Å². The predicted octanol–water partition coefficient (Wildman–Crippen LogP) is 3.36. The molecule has 0 saturated heterocycles. The lowest BCUT2D eigenvalue weighted by molar-refractivity contribution is -0.118. The maximum atomic E-state index is 12.2. The minimum absolute atomic E-state index is 0.147. The van der Waals surface area contributed by atoms with Crippen LogP contribution in [-0.2, 0) is 4.79 Å². The van der Waals surface area contributed by atoms with E-state index in [-0.39, 0.29) is 24.3 Å². The minimum Gasteiger partial charge on any atom is -0.483 e. The highest BCUT2D eigenvalue weighted by atomic mass is 16.5. The molecule has 3 amide bonds. The van der Waals surface area contributed by atoms with E-state index in [1.54, 1.807) is 12.1 Å². The number of anilines is 1. The van der Waals surface area contributed by atoms with Crippen molar-refractivity contribution in [3.63, 3.8) is 0 Å². The Morgan fingerprint density at radius 3 is 2.48 bits per heavy atom. The number of carbonyl (C=O) groups excluding carboxylic acids is 3. The van der Waals surface area contributed by atoms with Crippen LogP contribution in [0.1, 0.15) is 51.6 Å². The average molecular weight is 366 g/mol. The Morgan fingerprint density at radius 1 is 1.07 bits per heavy atom. The van der Waals surface area contributed by atoms with E-state index in [1.807, 2.05) is 25.1 Å². The van der Waals surface area contributed by atoms with E-state index in [2.05, 4.69) is 19.2 Å². The first-order chi connectivity index (χ1) is 12.8. The summed E-state index contributed by atoms with van der Waals surface area (Å²) in [7, 11) is 1.43. The van der Waals surface area contributed by atoms with Gasteiger partial charge in [0.1, 0.15) is 5.75 Å². The van der Waals surface area contributed by atoms with E-state index >= 15 is 0 Å². The van der Waals surface area contributed by atoms with Crippen LogP contribution in [0.4, 0.5) is 5.69 Å². The smallest absolute Gasteiger partial charge is 0.262 e. The molecule has 1 aliphatic heterocycles. The molecule has 6 nitrogen and oxygen atoms in total. The number of nitrogens with zero attached hydrogens (tertiary/aromatic N) is 1. The molecule has 0 bridgehead atoms. The molecule has 1 heterocycles. The first-order valence-electron chi connectivity index (χ1n) is 8.77. The zero-order valence-electron chi connectivity index (χ0n) is 15.8. The van der Waals surface area contributed by atoms with Gasteiger partial charge in [0.05, 0.1) is 11.1 Å². The summed E-state index contributed by atoms with van der Waals surface area (Å²) in [6.45, 7) is 5.97. The number of aryl methyl sites for hydroxylation is 1. The quantitative estimate of drug-likeness (QED) is 0.824. The fourth-order valence-corrected chi connectivity index (χ4v) is 2.91. The summed E-state index contributed by atoms with van der Waals surface area (Å²) in [5.41, 5.74) is 3.19. The van der Waals surface area contributed by atoms with Gasteiger partial charge in [0.15, 0.2) is 6.61 Å². The molecule has 140 valence electrons. The van der Waals surface area contributed by atoms with Crippen LogP contribution in [0.5, 0.6) is 5.75 Å². The Morgan fingerprint density at radius 2 is 1.78 bits per heavy atom. The van der Waals surface area contributed by atoms with Gasteiger partial charge in [0, 0.05) is 12.7 Å². The summed E-state index contributed by atoms with van der Waals surface area (Å²) in [5.74, 6) is -0.00566. The molecule has 3 rings (SSSR count). The molecular weight excluding hydrogens is 344 g/mol. The summed E-state index contributed by atoms with van der Waals surface area (Å²) in [5, 5.41) is 2.70. The number of ether oxygens (including phenoxy) is 1. The van der Waals surface area contributed by atoms with Gasteiger partial charge in [-0.3, -0.25) is 19.3 Å². The number of nitrogens with one attached hydrogen (secondary N) is 1. The van der Waals surface area contributed by atoms with Gasteiger partial charge >= 0.3 is 0 Å². The number of hydrogen-bond acceptors (Lipinski definition) is 4. The molecule has 0 fully saturated rings. The molecular formula is C21H22N2O4. The SMILES string of the molecule is Cc1ccc(C(C)C)cc1OCC(=O)Nc1ccc2c(c1)C(=O)N(C)C2=O. The van der Waals surface area contributed by atoms with Crippen LogP contribution in [0, 0.1) is 6.92 Å². The Hall–Kier alpha value is -3.15. The van der Waals surface area contributed by atoms with Crippen LogP contribution in [0.15, 0.2) is 36.4 Å². The van der Waals surface area contributed by atoms with Gasteiger partial charge < -0.3 is 10.1 Å². The van der Waals surface area contributed by atoms with Crippen molar-refractivity contribution < 1.29 is 19.1 Å². The second-order valence-electron chi connectivity index (χ2n) is 6.95. The highest BCUT2D eigenvalue weighted by Crippen LogP contribution is 2.26. The molecule has 0 unspecified atom stereocenters. The van der Waals surface area contributed by atoms with E-state index in [9.17, 15) is 14.4 Å². The number of carbonyl (C=O) groups is 3. The van der Waals surface area contributed by atoms with E-state index in [0.29, 0.717) is 28.5 Å².